The molecule has 0 aliphatic heterocycles. The van der Waals surface area contributed by atoms with E-state index in [0.29, 0.717) is 0 Å². The minimum atomic E-state index is -0.0514. The quantitative estimate of drug-likeness (QED) is 0.823. The average Bonchev–Trinajstić information content (AvgIpc) is 2.35. The molecule has 0 saturated carbocycles. The van der Waals surface area contributed by atoms with Crippen LogP contribution in [0.25, 0.3) is 0 Å². The molecule has 0 spiro atoms. The van der Waals surface area contributed by atoms with Gasteiger partial charge in [-0.1, -0.05) is 0 Å². The Labute approximate surface area is 103 Å². The number of hydrogen-bond acceptors (Lipinski definition) is 4. The SMILES string of the molecule is CNCC(OC)c1cc(OC)c(C)cc1OC. The monoisotopic (exact) mass is 239 g/mol. The van der Waals surface area contributed by atoms with Crippen molar-refractivity contribution in [1.29, 1.82) is 0 Å². The summed E-state index contributed by atoms with van der Waals surface area (Å²) in [5.41, 5.74) is 2.04. The Kier molecular flexibility index (Phi) is 5.25. The van der Waals surface area contributed by atoms with E-state index in [1.807, 2.05) is 26.1 Å². The molecule has 0 saturated heterocycles. The lowest BCUT2D eigenvalue weighted by Gasteiger charge is -2.20. The summed E-state index contributed by atoms with van der Waals surface area (Å²) < 4.78 is 16.2. The Hall–Kier alpha value is -1.26. The topological polar surface area (TPSA) is 39.7 Å². The molecule has 1 rings (SSSR count). The predicted octanol–water partition coefficient (Wildman–Crippen LogP) is 1.92. The molecular formula is C13H21NO3. The summed E-state index contributed by atoms with van der Waals surface area (Å²) in [5, 5.41) is 3.10. The van der Waals surface area contributed by atoms with Gasteiger partial charge in [0.1, 0.15) is 11.5 Å². The second kappa shape index (κ2) is 6.47. The molecule has 0 aliphatic carbocycles. The normalized spacial score (nSPS) is 12.3. The van der Waals surface area contributed by atoms with Crippen molar-refractivity contribution in [2.75, 3.05) is 34.9 Å². The van der Waals surface area contributed by atoms with Gasteiger partial charge in [0.25, 0.3) is 0 Å². The molecule has 1 atom stereocenters. The molecule has 1 aromatic carbocycles. The summed E-state index contributed by atoms with van der Waals surface area (Å²) in [4.78, 5) is 0. The van der Waals surface area contributed by atoms with Crippen molar-refractivity contribution in [3.8, 4) is 11.5 Å². The van der Waals surface area contributed by atoms with E-state index in [0.717, 1.165) is 29.2 Å². The molecule has 1 N–H and O–H groups in total. The summed E-state index contributed by atoms with van der Waals surface area (Å²) in [6, 6.07) is 3.94. The Morgan fingerprint density at radius 2 is 1.76 bits per heavy atom. The standard InChI is InChI=1S/C13H21NO3/c1-9-6-12(16-4)10(7-11(9)15-3)13(17-5)8-14-2/h6-7,13-14H,8H2,1-5H3. The van der Waals surface area contributed by atoms with Gasteiger partial charge < -0.3 is 19.5 Å². The van der Waals surface area contributed by atoms with E-state index in [9.17, 15) is 0 Å². The van der Waals surface area contributed by atoms with Crippen LogP contribution < -0.4 is 14.8 Å². The van der Waals surface area contributed by atoms with Gasteiger partial charge in [0.2, 0.25) is 0 Å². The van der Waals surface area contributed by atoms with Crippen LogP contribution in [0.4, 0.5) is 0 Å². The minimum absolute atomic E-state index is 0.0514. The Morgan fingerprint density at radius 3 is 2.24 bits per heavy atom. The van der Waals surface area contributed by atoms with Gasteiger partial charge in [-0.2, -0.15) is 0 Å². The van der Waals surface area contributed by atoms with Crippen molar-refractivity contribution in [2.24, 2.45) is 0 Å². The van der Waals surface area contributed by atoms with Gasteiger partial charge in [0.15, 0.2) is 0 Å². The second-order valence-corrected chi connectivity index (χ2v) is 3.85. The van der Waals surface area contributed by atoms with Gasteiger partial charge in [0, 0.05) is 19.2 Å². The zero-order valence-electron chi connectivity index (χ0n) is 11.2. The zero-order valence-corrected chi connectivity index (χ0v) is 11.2. The van der Waals surface area contributed by atoms with Gasteiger partial charge in [-0.25, -0.2) is 0 Å². The number of benzene rings is 1. The smallest absolute Gasteiger partial charge is 0.125 e. The number of ether oxygens (including phenoxy) is 3. The molecule has 4 nitrogen and oxygen atoms in total. The highest BCUT2D eigenvalue weighted by atomic mass is 16.5. The highest BCUT2D eigenvalue weighted by Gasteiger charge is 2.17. The molecule has 1 aromatic rings. The summed E-state index contributed by atoms with van der Waals surface area (Å²) in [6.07, 6.45) is -0.0514. The largest absolute Gasteiger partial charge is 0.496 e. The van der Waals surface area contributed by atoms with Crippen LogP contribution in [0.3, 0.4) is 0 Å². The first-order valence-electron chi connectivity index (χ1n) is 5.57. The van der Waals surface area contributed by atoms with Crippen LogP contribution in [0.5, 0.6) is 11.5 Å². The van der Waals surface area contributed by atoms with Gasteiger partial charge in [-0.3, -0.25) is 0 Å². The van der Waals surface area contributed by atoms with E-state index < -0.39 is 0 Å². The van der Waals surface area contributed by atoms with Crippen LogP contribution in [-0.4, -0.2) is 34.9 Å². The summed E-state index contributed by atoms with van der Waals surface area (Å²) in [7, 11) is 6.91. The Balaban J connectivity index is 3.18. The maximum absolute atomic E-state index is 5.46. The molecule has 0 heterocycles. The molecule has 4 heteroatoms. The lowest BCUT2D eigenvalue weighted by atomic mass is 10.0. The van der Waals surface area contributed by atoms with Crippen molar-refractivity contribution in [3.05, 3.63) is 23.3 Å². The maximum Gasteiger partial charge on any atom is 0.125 e. The highest BCUT2D eigenvalue weighted by Crippen LogP contribution is 2.33. The second-order valence-electron chi connectivity index (χ2n) is 3.85. The third-order valence-electron chi connectivity index (χ3n) is 2.77. The highest BCUT2D eigenvalue weighted by molar-refractivity contribution is 5.47. The molecule has 0 aromatic heterocycles. The molecule has 0 amide bonds. The summed E-state index contributed by atoms with van der Waals surface area (Å²) in [6.45, 7) is 2.71. The number of rotatable bonds is 6. The van der Waals surface area contributed by atoms with Crippen molar-refractivity contribution in [1.82, 2.24) is 5.32 Å². The molecule has 0 aliphatic rings. The van der Waals surface area contributed by atoms with E-state index in [1.165, 1.54) is 0 Å². The summed E-state index contributed by atoms with van der Waals surface area (Å²) >= 11 is 0. The molecule has 17 heavy (non-hydrogen) atoms. The van der Waals surface area contributed by atoms with Crippen molar-refractivity contribution < 1.29 is 14.2 Å². The number of methoxy groups -OCH3 is 3. The number of nitrogens with one attached hydrogen (secondary N) is 1. The number of aryl methyl sites for hydroxylation is 1. The Bertz CT molecular complexity index is 366. The fraction of sp³-hybridized carbons (Fsp3) is 0.538. The Morgan fingerprint density at radius 1 is 1.12 bits per heavy atom. The van der Waals surface area contributed by atoms with E-state index in [1.54, 1.807) is 21.3 Å². The van der Waals surface area contributed by atoms with Gasteiger partial charge in [-0.15, -0.1) is 0 Å². The van der Waals surface area contributed by atoms with Crippen molar-refractivity contribution in [3.63, 3.8) is 0 Å². The van der Waals surface area contributed by atoms with Crippen LogP contribution in [0.1, 0.15) is 17.2 Å². The van der Waals surface area contributed by atoms with Crippen LogP contribution in [-0.2, 0) is 4.74 Å². The molecule has 0 fully saturated rings. The molecule has 1 unspecified atom stereocenters. The average molecular weight is 239 g/mol. The van der Waals surface area contributed by atoms with Crippen LogP contribution in [0.15, 0.2) is 12.1 Å². The minimum Gasteiger partial charge on any atom is -0.496 e. The molecular weight excluding hydrogens is 218 g/mol. The van der Waals surface area contributed by atoms with E-state index in [4.69, 9.17) is 14.2 Å². The van der Waals surface area contributed by atoms with Crippen LogP contribution in [0, 0.1) is 6.92 Å². The van der Waals surface area contributed by atoms with Gasteiger partial charge in [-0.05, 0) is 31.7 Å². The predicted molar refractivity (Wildman–Crippen MR) is 68.0 cm³/mol. The fourth-order valence-corrected chi connectivity index (χ4v) is 1.83. The molecule has 96 valence electrons. The third kappa shape index (κ3) is 3.11. The molecule has 0 bridgehead atoms. The van der Waals surface area contributed by atoms with Crippen molar-refractivity contribution in [2.45, 2.75) is 13.0 Å². The zero-order chi connectivity index (χ0) is 12.8. The van der Waals surface area contributed by atoms with Crippen molar-refractivity contribution >= 4 is 0 Å². The third-order valence-corrected chi connectivity index (χ3v) is 2.77. The first-order chi connectivity index (χ1) is 8.17. The van der Waals surface area contributed by atoms with Gasteiger partial charge >= 0.3 is 0 Å². The first-order valence-corrected chi connectivity index (χ1v) is 5.57. The summed E-state index contributed by atoms with van der Waals surface area (Å²) in [5.74, 6) is 1.67. The number of hydrogen-bond donors (Lipinski definition) is 1. The fourth-order valence-electron chi connectivity index (χ4n) is 1.83. The first kappa shape index (κ1) is 13.8. The lowest BCUT2D eigenvalue weighted by molar-refractivity contribution is 0.101. The maximum atomic E-state index is 5.46. The van der Waals surface area contributed by atoms with E-state index in [-0.39, 0.29) is 6.10 Å². The number of likely N-dealkylation sites (N-methyl/N-ethyl adjacent to an activating group) is 1. The van der Waals surface area contributed by atoms with Crippen LogP contribution >= 0.6 is 0 Å². The van der Waals surface area contributed by atoms with Gasteiger partial charge in [0.05, 0.1) is 20.3 Å². The van der Waals surface area contributed by atoms with E-state index >= 15 is 0 Å². The molecule has 0 radical (unpaired) electrons. The lowest BCUT2D eigenvalue weighted by Crippen LogP contribution is -2.19. The van der Waals surface area contributed by atoms with Crippen LogP contribution in [0.2, 0.25) is 0 Å². The van der Waals surface area contributed by atoms with E-state index in [2.05, 4.69) is 5.32 Å².